The molecule has 0 amide bonds. The number of aromatic nitrogens is 2. The van der Waals surface area contributed by atoms with E-state index in [1.54, 1.807) is 6.20 Å². The Balaban J connectivity index is 2.02. The molecule has 1 aromatic rings. The van der Waals surface area contributed by atoms with Crippen LogP contribution in [0.25, 0.3) is 0 Å². The lowest BCUT2D eigenvalue weighted by atomic mass is 10.1. The second-order valence-corrected chi connectivity index (χ2v) is 3.33. The van der Waals surface area contributed by atoms with E-state index in [1.807, 2.05) is 7.05 Å². The molecule has 1 saturated heterocycles. The fraction of sp³-hybridized carbons (Fsp3) is 0.500. The third-order valence-corrected chi connectivity index (χ3v) is 2.11. The van der Waals surface area contributed by atoms with Gasteiger partial charge in [0.1, 0.15) is 0 Å². The molecule has 1 aliphatic heterocycles. The van der Waals surface area contributed by atoms with Crippen LogP contribution in [0.4, 0.5) is 5.82 Å². The van der Waals surface area contributed by atoms with Crippen LogP contribution in [-0.2, 0) is 0 Å². The first kappa shape index (κ1) is 8.25. The Morgan fingerprint density at radius 1 is 1.69 bits per heavy atom. The number of rotatable bonds is 2. The average Bonchev–Trinajstić information content (AvgIpc) is 2.06. The first-order chi connectivity index (χ1) is 6.25. The molecule has 0 radical (unpaired) electrons. The van der Waals surface area contributed by atoms with Gasteiger partial charge in [-0.05, 0) is 7.05 Å². The topological polar surface area (TPSA) is 61.0 Å². The number of likely N-dealkylation sites (tertiary alicyclic amines) is 1. The molecular weight excluding hydrogens is 168 g/mol. The van der Waals surface area contributed by atoms with Crippen molar-refractivity contribution < 1.29 is 0 Å². The van der Waals surface area contributed by atoms with Crippen LogP contribution in [0.1, 0.15) is 0 Å². The zero-order valence-electron chi connectivity index (χ0n) is 7.45. The van der Waals surface area contributed by atoms with Crippen LogP contribution < -0.4 is 10.9 Å². The molecule has 70 valence electrons. The fourth-order valence-electron chi connectivity index (χ4n) is 1.44. The Bertz CT molecular complexity index is 342. The van der Waals surface area contributed by atoms with E-state index in [0.717, 1.165) is 13.1 Å². The van der Waals surface area contributed by atoms with E-state index < -0.39 is 0 Å². The molecule has 0 saturated carbocycles. The van der Waals surface area contributed by atoms with Crippen LogP contribution in [0.5, 0.6) is 0 Å². The van der Waals surface area contributed by atoms with E-state index in [2.05, 4.69) is 20.2 Å². The van der Waals surface area contributed by atoms with Gasteiger partial charge in [0.05, 0.1) is 6.04 Å². The van der Waals surface area contributed by atoms with E-state index in [0.29, 0.717) is 11.9 Å². The van der Waals surface area contributed by atoms with E-state index in [9.17, 15) is 4.79 Å². The van der Waals surface area contributed by atoms with Crippen molar-refractivity contribution >= 4 is 5.82 Å². The Morgan fingerprint density at radius 2 is 2.46 bits per heavy atom. The van der Waals surface area contributed by atoms with Crippen molar-refractivity contribution in [2.45, 2.75) is 6.04 Å². The zero-order valence-corrected chi connectivity index (χ0v) is 7.45. The second kappa shape index (κ2) is 3.18. The lowest BCUT2D eigenvalue weighted by Crippen LogP contribution is -2.53. The van der Waals surface area contributed by atoms with Gasteiger partial charge in [-0.2, -0.15) is 0 Å². The summed E-state index contributed by atoms with van der Waals surface area (Å²) in [5.74, 6) is 0.417. The molecule has 0 aromatic carbocycles. The van der Waals surface area contributed by atoms with Crippen LogP contribution in [0, 0.1) is 0 Å². The smallest absolute Gasteiger partial charge is 0.290 e. The fourth-order valence-corrected chi connectivity index (χ4v) is 1.44. The van der Waals surface area contributed by atoms with E-state index in [4.69, 9.17) is 0 Å². The van der Waals surface area contributed by atoms with Gasteiger partial charge in [-0.25, -0.2) is 4.98 Å². The van der Waals surface area contributed by atoms with Crippen LogP contribution in [0.3, 0.4) is 0 Å². The van der Waals surface area contributed by atoms with Crippen LogP contribution >= 0.6 is 0 Å². The highest BCUT2D eigenvalue weighted by atomic mass is 16.1. The Labute approximate surface area is 75.8 Å². The molecule has 13 heavy (non-hydrogen) atoms. The summed E-state index contributed by atoms with van der Waals surface area (Å²) in [6.07, 6.45) is 3.10. The molecule has 5 heteroatoms. The van der Waals surface area contributed by atoms with E-state index >= 15 is 0 Å². The number of anilines is 1. The highest BCUT2D eigenvalue weighted by molar-refractivity contribution is 5.32. The summed E-state index contributed by atoms with van der Waals surface area (Å²) in [5.41, 5.74) is -0.156. The maximum absolute atomic E-state index is 11.2. The molecule has 1 aliphatic rings. The zero-order chi connectivity index (χ0) is 9.26. The number of hydrogen-bond acceptors (Lipinski definition) is 4. The van der Waals surface area contributed by atoms with Gasteiger partial charge in [0.15, 0.2) is 5.82 Å². The van der Waals surface area contributed by atoms with Gasteiger partial charge >= 0.3 is 0 Å². The molecule has 0 atom stereocenters. The number of H-pyrrole nitrogens is 1. The largest absolute Gasteiger partial charge is 0.360 e. The predicted molar refractivity (Wildman–Crippen MR) is 49.8 cm³/mol. The minimum atomic E-state index is -0.156. The Kier molecular flexibility index (Phi) is 2.02. The van der Waals surface area contributed by atoms with Gasteiger partial charge < -0.3 is 15.2 Å². The summed E-state index contributed by atoms with van der Waals surface area (Å²) in [6.45, 7) is 1.94. The van der Waals surface area contributed by atoms with Crippen molar-refractivity contribution in [3.63, 3.8) is 0 Å². The predicted octanol–water partition coefficient (Wildman–Crippen LogP) is -0.504. The summed E-state index contributed by atoms with van der Waals surface area (Å²) >= 11 is 0. The summed E-state index contributed by atoms with van der Waals surface area (Å²) in [7, 11) is 2.04. The molecule has 5 nitrogen and oxygen atoms in total. The van der Waals surface area contributed by atoms with Gasteiger partial charge in [-0.15, -0.1) is 0 Å². The Morgan fingerprint density at radius 3 is 3.08 bits per heavy atom. The number of nitrogens with zero attached hydrogens (tertiary/aromatic N) is 2. The maximum Gasteiger partial charge on any atom is 0.290 e. The summed E-state index contributed by atoms with van der Waals surface area (Å²) in [5, 5.41) is 3.08. The van der Waals surface area contributed by atoms with Crippen molar-refractivity contribution in [3.8, 4) is 0 Å². The monoisotopic (exact) mass is 180 g/mol. The first-order valence-corrected chi connectivity index (χ1v) is 4.24. The number of nitrogens with one attached hydrogen (secondary N) is 2. The lowest BCUT2D eigenvalue weighted by Gasteiger charge is -2.36. The quantitative estimate of drug-likeness (QED) is 0.644. The molecule has 2 N–H and O–H groups in total. The van der Waals surface area contributed by atoms with Crippen molar-refractivity contribution in [2.75, 3.05) is 25.5 Å². The molecule has 1 fully saturated rings. The Hall–Kier alpha value is -1.36. The summed E-state index contributed by atoms with van der Waals surface area (Å²) in [6, 6.07) is 0.362. The first-order valence-electron chi connectivity index (χ1n) is 4.24. The maximum atomic E-state index is 11.2. The standard InChI is InChI=1S/C8H12N4O/c1-12-4-6(5-12)11-7-8(13)10-3-2-9-7/h2-3,6H,4-5H2,1H3,(H,9,11)(H,10,13). The van der Waals surface area contributed by atoms with Crippen molar-refractivity contribution in [1.29, 1.82) is 0 Å². The molecule has 0 bridgehead atoms. The normalized spacial score (nSPS) is 18.2. The molecule has 2 rings (SSSR count). The highest BCUT2D eigenvalue weighted by Crippen LogP contribution is 2.07. The van der Waals surface area contributed by atoms with Gasteiger partial charge in [0, 0.05) is 25.5 Å². The van der Waals surface area contributed by atoms with Crippen LogP contribution in [-0.4, -0.2) is 41.0 Å². The average molecular weight is 180 g/mol. The van der Waals surface area contributed by atoms with Crippen LogP contribution in [0.2, 0.25) is 0 Å². The van der Waals surface area contributed by atoms with Gasteiger partial charge in [0.2, 0.25) is 0 Å². The molecule has 0 aliphatic carbocycles. The lowest BCUT2D eigenvalue weighted by molar-refractivity contribution is 0.205. The van der Waals surface area contributed by atoms with E-state index in [-0.39, 0.29) is 5.56 Å². The van der Waals surface area contributed by atoms with Crippen molar-refractivity contribution in [3.05, 3.63) is 22.7 Å². The van der Waals surface area contributed by atoms with Gasteiger partial charge in [-0.3, -0.25) is 4.79 Å². The van der Waals surface area contributed by atoms with Crippen molar-refractivity contribution in [2.24, 2.45) is 0 Å². The van der Waals surface area contributed by atoms with E-state index in [1.165, 1.54) is 6.20 Å². The molecule has 0 unspecified atom stereocenters. The SMILES string of the molecule is CN1CC(Nc2ncc[nH]c2=O)C1. The van der Waals surface area contributed by atoms with Crippen LogP contribution in [0.15, 0.2) is 17.2 Å². The third-order valence-electron chi connectivity index (χ3n) is 2.11. The molecule has 2 heterocycles. The molecular formula is C8H12N4O. The molecule has 0 spiro atoms. The third kappa shape index (κ3) is 1.70. The van der Waals surface area contributed by atoms with Gasteiger partial charge in [0.25, 0.3) is 5.56 Å². The van der Waals surface area contributed by atoms with Gasteiger partial charge in [-0.1, -0.05) is 0 Å². The second-order valence-electron chi connectivity index (χ2n) is 3.33. The number of likely N-dealkylation sites (N-methyl/N-ethyl adjacent to an activating group) is 1. The van der Waals surface area contributed by atoms with Crippen molar-refractivity contribution in [1.82, 2.24) is 14.9 Å². The number of aromatic amines is 1. The summed E-state index contributed by atoms with van der Waals surface area (Å²) in [4.78, 5) is 19.9. The highest BCUT2D eigenvalue weighted by Gasteiger charge is 2.23. The summed E-state index contributed by atoms with van der Waals surface area (Å²) < 4.78 is 0. The number of hydrogen-bond donors (Lipinski definition) is 2. The minimum absolute atomic E-state index is 0.156. The molecule has 1 aromatic heterocycles. The minimum Gasteiger partial charge on any atom is -0.360 e.